The lowest BCUT2D eigenvalue weighted by Crippen LogP contribution is -2.64. The molecule has 0 bridgehead atoms. The smallest absolute Gasteiger partial charge is 0.242 e. The molecule has 2 amide bonds. The van der Waals surface area contributed by atoms with E-state index in [1.165, 1.54) is 12.4 Å². The molecule has 1 N–H and O–H groups in total. The van der Waals surface area contributed by atoms with Crippen LogP contribution in [0.15, 0.2) is 36.9 Å². The van der Waals surface area contributed by atoms with Gasteiger partial charge in [-0.1, -0.05) is 0 Å². The van der Waals surface area contributed by atoms with E-state index in [2.05, 4.69) is 25.5 Å². The monoisotopic (exact) mass is 540 g/mol. The number of anilines is 1. The summed E-state index contributed by atoms with van der Waals surface area (Å²) in [6.07, 6.45) is 5.69. The van der Waals surface area contributed by atoms with Crippen molar-refractivity contribution in [2.75, 3.05) is 25.0 Å². The molecule has 2 aliphatic heterocycles. The van der Waals surface area contributed by atoms with Gasteiger partial charge >= 0.3 is 0 Å². The number of hydrogen-bond acceptors (Lipinski definition) is 8. The molecule has 1 aromatic carbocycles. The molecule has 1 saturated heterocycles. The molecule has 0 unspecified atom stereocenters. The molecule has 0 radical (unpaired) electrons. The highest BCUT2D eigenvalue weighted by atomic mass is 19.1. The molecule has 2 aromatic heterocycles. The van der Waals surface area contributed by atoms with Crippen molar-refractivity contribution in [2.45, 2.75) is 51.7 Å². The normalized spacial score (nSPS) is 19.7. The average molecular weight is 541 g/mol. The molecular formula is C26H30F2N8O3. The van der Waals surface area contributed by atoms with Crippen LogP contribution in [0.3, 0.4) is 0 Å². The van der Waals surface area contributed by atoms with Crippen LogP contribution in [0.1, 0.15) is 33.0 Å². The van der Waals surface area contributed by atoms with E-state index in [1.807, 2.05) is 28.2 Å². The maximum atomic E-state index is 13.8. The number of benzene rings is 1. The Hall–Kier alpha value is -4.00. The van der Waals surface area contributed by atoms with Crippen molar-refractivity contribution in [3.63, 3.8) is 0 Å². The Kier molecular flexibility index (Phi) is 7.25. The van der Waals surface area contributed by atoms with Crippen molar-refractivity contribution in [3.8, 4) is 11.6 Å². The molecule has 206 valence electrons. The number of nitrogens with one attached hydrogen (secondary N) is 1. The Morgan fingerprint density at radius 3 is 2.72 bits per heavy atom. The van der Waals surface area contributed by atoms with Crippen molar-refractivity contribution >= 4 is 17.6 Å². The number of halogens is 2. The molecule has 11 nitrogen and oxygen atoms in total. The lowest BCUT2D eigenvalue weighted by molar-refractivity contribution is -0.147. The molecule has 5 rings (SSSR count). The van der Waals surface area contributed by atoms with E-state index >= 15 is 0 Å². The number of piperazine rings is 1. The summed E-state index contributed by atoms with van der Waals surface area (Å²) in [5.74, 6) is -0.934. The van der Waals surface area contributed by atoms with Gasteiger partial charge < -0.3 is 19.5 Å². The second-order valence-electron chi connectivity index (χ2n) is 10.5. The Balaban J connectivity index is 1.16. The number of carbonyl (C=O) groups is 2. The van der Waals surface area contributed by atoms with Crippen LogP contribution < -0.4 is 10.1 Å². The van der Waals surface area contributed by atoms with E-state index in [9.17, 15) is 18.4 Å². The van der Waals surface area contributed by atoms with Crippen molar-refractivity contribution in [2.24, 2.45) is 5.92 Å². The Bertz CT molecular complexity index is 1360. The van der Waals surface area contributed by atoms with Gasteiger partial charge in [-0.15, -0.1) is 10.2 Å². The lowest BCUT2D eigenvalue weighted by Gasteiger charge is -2.49. The third kappa shape index (κ3) is 5.72. The third-order valence-electron chi connectivity index (χ3n) is 7.29. The number of carbonyl (C=O) groups excluding carboxylic acids is 2. The van der Waals surface area contributed by atoms with Crippen LogP contribution in [0.4, 0.5) is 14.6 Å². The number of nitrogens with zero attached hydrogens (tertiary/aromatic N) is 7. The number of fused-ring (bicyclic) bond motifs is 1. The topological polar surface area (TPSA) is 118 Å². The third-order valence-corrected chi connectivity index (χ3v) is 7.29. The van der Waals surface area contributed by atoms with Crippen LogP contribution in [-0.4, -0.2) is 77.6 Å². The van der Waals surface area contributed by atoms with Gasteiger partial charge in [-0.2, -0.15) is 0 Å². The second kappa shape index (κ2) is 10.6. The van der Waals surface area contributed by atoms with Gasteiger partial charge in [-0.25, -0.2) is 18.7 Å². The van der Waals surface area contributed by atoms with E-state index in [0.29, 0.717) is 32.2 Å². The predicted octanol–water partition coefficient (Wildman–Crippen LogP) is 2.65. The van der Waals surface area contributed by atoms with Gasteiger partial charge in [0.1, 0.15) is 18.0 Å². The zero-order valence-electron chi connectivity index (χ0n) is 22.0. The first kappa shape index (κ1) is 26.6. The molecule has 0 spiro atoms. The maximum absolute atomic E-state index is 13.8. The first-order valence-electron chi connectivity index (χ1n) is 12.8. The summed E-state index contributed by atoms with van der Waals surface area (Å²) in [6, 6.07) is 2.45. The summed E-state index contributed by atoms with van der Waals surface area (Å²) in [6.45, 7) is 8.02. The number of rotatable bonds is 6. The van der Waals surface area contributed by atoms with Crippen molar-refractivity contribution in [1.82, 2.24) is 34.5 Å². The first-order valence-corrected chi connectivity index (χ1v) is 12.8. The average Bonchev–Trinajstić information content (AvgIpc) is 3.38. The summed E-state index contributed by atoms with van der Waals surface area (Å²) in [4.78, 5) is 38.6. The minimum atomic E-state index is -0.865. The van der Waals surface area contributed by atoms with Gasteiger partial charge in [0.2, 0.25) is 17.7 Å². The van der Waals surface area contributed by atoms with Crippen LogP contribution in [0.25, 0.3) is 0 Å². The van der Waals surface area contributed by atoms with Crippen LogP contribution in [0.5, 0.6) is 11.6 Å². The standard InChI is InChI=1S/C26H30F2N8O3/c1-16(24(37)32-21-11-30-23(12-29-21)39-20-6-5-18(27)10-19(20)28)34-8-9-36(26(2,3)14-34)25(38)17-4-7-22-33-31-15-35(22)13-17/h5-6,10-12,15-17H,4,7-9,13-14H2,1-3H3,(H,29,32,37)/t16-,17-/m0/s1. The summed E-state index contributed by atoms with van der Waals surface area (Å²) in [7, 11) is 0. The molecule has 2 atom stereocenters. The van der Waals surface area contributed by atoms with Gasteiger partial charge in [-0.05, 0) is 39.3 Å². The molecular weight excluding hydrogens is 510 g/mol. The van der Waals surface area contributed by atoms with Crippen LogP contribution in [0.2, 0.25) is 0 Å². The fourth-order valence-corrected chi connectivity index (χ4v) is 5.11. The van der Waals surface area contributed by atoms with E-state index in [4.69, 9.17) is 4.74 Å². The molecule has 4 heterocycles. The zero-order valence-corrected chi connectivity index (χ0v) is 22.0. The number of amides is 2. The molecule has 3 aromatic rings. The summed E-state index contributed by atoms with van der Waals surface area (Å²) in [5.41, 5.74) is -0.467. The minimum absolute atomic E-state index is 0.00687. The molecule has 0 aliphatic carbocycles. The highest BCUT2D eigenvalue weighted by Gasteiger charge is 2.42. The number of aromatic nitrogens is 5. The lowest BCUT2D eigenvalue weighted by atomic mass is 9.92. The number of hydrogen-bond donors (Lipinski definition) is 1. The zero-order chi connectivity index (χ0) is 27.7. The molecule has 0 saturated carbocycles. The van der Waals surface area contributed by atoms with Crippen molar-refractivity contribution < 1.29 is 23.1 Å². The molecule has 2 aliphatic rings. The SMILES string of the molecule is C[C@@H](C(=O)Nc1cnc(Oc2ccc(F)cc2F)cn1)N1CCN(C(=O)[C@H]2CCc3nncn3C2)C(C)(C)C1. The highest BCUT2D eigenvalue weighted by molar-refractivity contribution is 5.93. The number of aryl methyl sites for hydroxylation is 1. The summed E-state index contributed by atoms with van der Waals surface area (Å²) >= 11 is 0. The van der Waals surface area contributed by atoms with Gasteiger partial charge in [0.05, 0.1) is 29.9 Å². The van der Waals surface area contributed by atoms with Crippen molar-refractivity contribution in [1.29, 1.82) is 0 Å². The quantitative estimate of drug-likeness (QED) is 0.507. The molecule has 13 heteroatoms. The Morgan fingerprint density at radius 1 is 1.18 bits per heavy atom. The van der Waals surface area contributed by atoms with E-state index < -0.39 is 23.2 Å². The summed E-state index contributed by atoms with van der Waals surface area (Å²) < 4.78 is 34.1. The van der Waals surface area contributed by atoms with E-state index in [-0.39, 0.29) is 35.2 Å². The Morgan fingerprint density at radius 2 is 2.00 bits per heavy atom. The molecule has 1 fully saturated rings. The number of ether oxygens (including phenoxy) is 1. The van der Waals surface area contributed by atoms with Gasteiger partial charge in [0.25, 0.3) is 0 Å². The maximum Gasteiger partial charge on any atom is 0.242 e. The van der Waals surface area contributed by atoms with E-state index in [0.717, 1.165) is 30.8 Å². The highest BCUT2D eigenvalue weighted by Crippen LogP contribution is 2.28. The fraction of sp³-hybridized carbons (Fsp3) is 0.462. The van der Waals surface area contributed by atoms with Crippen LogP contribution in [-0.2, 0) is 22.6 Å². The molecule has 39 heavy (non-hydrogen) atoms. The van der Waals surface area contributed by atoms with Gasteiger partial charge in [-0.3, -0.25) is 14.5 Å². The first-order chi connectivity index (χ1) is 18.6. The minimum Gasteiger partial charge on any atom is -0.434 e. The van der Waals surface area contributed by atoms with Crippen LogP contribution in [0, 0.1) is 17.6 Å². The van der Waals surface area contributed by atoms with E-state index in [1.54, 1.807) is 13.3 Å². The fourth-order valence-electron chi connectivity index (χ4n) is 5.11. The summed E-state index contributed by atoms with van der Waals surface area (Å²) in [5, 5.41) is 10.8. The van der Waals surface area contributed by atoms with Crippen molar-refractivity contribution in [3.05, 3.63) is 54.4 Å². The Labute approximate surface area is 224 Å². The predicted molar refractivity (Wildman–Crippen MR) is 136 cm³/mol. The largest absolute Gasteiger partial charge is 0.434 e. The van der Waals surface area contributed by atoms with Gasteiger partial charge in [0, 0.05) is 38.7 Å². The van der Waals surface area contributed by atoms with Gasteiger partial charge in [0.15, 0.2) is 17.4 Å². The van der Waals surface area contributed by atoms with Crippen LogP contribution >= 0.6 is 0 Å². The second-order valence-corrected chi connectivity index (χ2v) is 10.5.